The van der Waals surface area contributed by atoms with E-state index in [-0.39, 0.29) is 0 Å². The minimum Gasteiger partial charge on any atom is -0.487 e. The standard InChI is InChI=1S/C14H16N2O/c1-10-3-4-13(15)14(6-10)17-9-12-5-11(2)7-16-8-12/h3-8H,9,15H2,1-2H3. The summed E-state index contributed by atoms with van der Waals surface area (Å²) in [7, 11) is 0. The summed E-state index contributed by atoms with van der Waals surface area (Å²) >= 11 is 0. The molecule has 0 aliphatic heterocycles. The molecule has 3 heteroatoms. The molecule has 0 amide bonds. The first kappa shape index (κ1) is 11.5. The number of nitrogen functional groups attached to an aromatic ring is 1. The second-order valence-electron chi connectivity index (χ2n) is 4.20. The maximum atomic E-state index is 5.84. The van der Waals surface area contributed by atoms with E-state index in [4.69, 9.17) is 10.5 Å². The van der Waals surface area contributed by atoms with Crippen molar-refractivity contribution < 1.29 is 4.74 Å². The maximum Gasteiger partial charge on any atom is 0.142 e. The summed E-state index contributed by atoms with van der Waals surface area (Å²) < 4.78 is 5.69. The number of pyridine rings is 1. The highest BCUT2D eigenvalue weighted by molar-refractivity contribution is 5.53. The summed E-state index contributed by atoms with van der Waals surface area (Å²) in [4.78, 5) is 4.13. The van der Waals surface area contributed by atoms with Crippen LogP contribution in [-0.4, -0.2) is 4.98 Å². The number of nitrogens with zero attached hydrogens (tertiary/aromatic N) is 1. The van der Waals surface area contributed by atoms with Gasteiger partial charge in [-0.15, -0.1) is 0 Å². The number of aromatic nitrogens is 1. The topological polar surface area (TPSA) is 48.1 Å². The van der Waals surface area contributed by atoms with Crippen LogP contribution in [0, 0.1) is 13.8 Å². The summed E-state index contributed by atoms with van der Waals surface area (Å²) in [6.45, 7) is 4.51. The third kappa shape index (κ3) is 2.97. The molecule has 88 valence electrons. The van der Waals surface area contributed by atoms with Crippen molar-refractivity contribution in [2.24, 2.45) is 0 Å². The maximum absolute atomic E-state index is 5.84. The minimum absolute atomic E-state index is 0.488. The van der Waals surface area contributed by atoms with Crippen molar-refractivity contribution in [2.45, 2.75) is 20.5 Å². The molecule has 0 atom stereocenters. The van der Waals surface area contributed by atoms with Gasteiger partial charge in [-0.2, -0.15) is 0 Å². The van der Waals surface area contributed by atoms with E-state index in [1.54, 1.807) is 6.20 Å². The van der Waals surface area contributed by atoms with Gasteiger partial charge in [-0.1, -0.05) is 6.07 Å². The van der Waals surface area contributed by atoms with E-state index >= 15 is 0 Å². The van der Waals surface area contributed by atoms with Crippen LogP contribution >= 0.6 is 0 Å². The molecule has 0 saturated carbocycles. The highest BCUT2D eigenvalue weighted by Crippen LogP contribution is 2.23. The smallest absolute Gasteiger partial charge is 0.142 e. The van der Waals surface area contributed by atoms with Gasteiger partial charge in [-0.3, -0.25) is 4.98 Å². The molecule has 0 unspecified atom stereocenters. The molecule has 1 aromatic carbocycles. The van der Waals surface area contributed by atoms with Crippen LogP contribution in [0.3, 0.4) is 0 Å². The SMILES string of the molecule is Cc1cncc(COc2cc(C)ccc2N)c1. The van der Waals surface area contributed by atoms with E-state index < -0.39 is 0 Å². The van der Waals surface area contributed by atoms with Crippen molar-refractivity contribution in [3.05, 3.63) is 53.3 Å². The fourth-order valence-electron chi connectivity index (χ4n) is 1.62. The fraction of sp³-hybridized carbons (Fsp3) is 0.214. The van der Waals surface area contributed by atoms with Gasteiger partial charge in [0.25, 0.3) is 0 Å². The summed E-state index contributed by atoms with van der Waals surface area (Å²) in [5, 5.41) is 0. The van der Waals surface area contributed by atoms with Crippen LogP contribution in [0.2, 0.25) is 0 Å². The highest BCUT2D eigenvalue weighted by Gasteiger charge is 2.01. The monoisotopic (exact) mass is 228 g/mol. The first-order chi connectivity index (χ1) is 8.15. The number of hydrogen-bond acceptors (Lipinski definition) is 3. The highest BCUT2D eigenvalue weighted by atomic mass is 16.5. The lowest BCUT2D eigenvalue weighted by Crippen LogP contribution is -1.99. The lowest BCUT2D eigenvalue weighted by molar-refractivity contribution is 0.307. The van der Waals surface area contributed by atoms with Crippen molar-refractivity contribution >= 4 is 5.69 Å². The van der Waals surface area contributed by atoms with Crippen LogP contribution in [0.15, 0.2) is 36.7 Å². The Balaban J connectivity index is 2.09. The normalized spacial score (nSPS) is 10.2. The molecule has 0 saturated heterocycles. The van der Waals surface area contributed by atoms with Gasteiger partial charge in [0.1, 0.15) is 12.4 Å². The second-order valence-corrected chi connectivity index (χ2v) is 4.20. The van der Waals surface area contributed by atoms with Crippen molar-refractivity contribution in [3.63, 3.8) is 0 Å². The number of nitrogens with two attached hydrogens (primary N) is 1. The van der Waals surface area contributed by atoms with Crippen LogP contribution in [-0.2, 0) is 6.61 Å². The van der Waals surface area contributed by atoms with E-state index in [1.165, 1.54) is 0 Å². The predicted molar refractivity (Wildman–Crippen MR) is 68.9 cm³/mol. The van der Waals surface area contributed by atoms with Crippen LogP contribution in [0.25, 0.3) is 0 Å². The van der Waals surface area contributed by atoms with E-state index in [1.807, 2.05) is 38.2 Å². The Labute approximate surface area is 101 Å². The molecule has 1 heterocycles. The Hall–Kier alpha value is -2.03. The molecule has 2 rings (SSSR count). The zero-order chi connectivity index (χ0) is 12.3. The molecule has 0 aliphatic carbocycles. The minimum atomic E-state index is 0.488. The number of ether oxygens (including phenoxy) is 1. The first-order valence-corrected chi connectivity index (χ1v) is 5.54. The van der Waals surface area contributed by atoms with Crippen LogP contribution in [0.4, 0.5) is 5.69 Å². The van der Waals surface area contributed by atoms with Crippen LogP contribution in [0.1, 0.15) is 16.7 Å². The van der Waals surface area contributed by atoms with E-state index in [0.717, 1.165) is 22.4 Å². The number of aryl methyl sites for hydroxylation is 2. The molecule has 0 spiro atoms. The lowest BCUT2D eigenvalue weighted by Gasteiger charge is -2.09. The quantitative estimate of drug-likeness (QED) is 0.822. The fourth-order valence-corrected chi connectivity index (χ4v) is 1.62. The number of hydrogen-bond donors (Lipinski definition) is 1. The van der Waals surface area contributed by atoms with Crippen molar-refractivity contribution in [3.8, 4) is 5.75 Å². The van der Waals surface area contributed by atoms with E-state index in [9.17, 15) is 0 Å². The lowest BCUT2D eigenvalue weighted by atomic mass is 10.2. The molecule has 17 heavy (non-hydrogen) atoms. The zero-order valence-corrected chi connectivity index (χ0v) is 10.1. The van der Waals surface area contributed by atoms with Gasteiger partial charge in [0.15, 0.2) is 0 Å². The molecule has 2 aromatic rings. The largest absolute Gasteiger partial charge is 0.487 e. The molecule has 1 aromatic heterocycles. The van der Waals surface area contributed by atoms with E-state index in [0.29, 0.717) is 12.3 Å². The molecule has 0 fully saturated rings. The third-order valence-corrected chi connectivity index (χ3v) is 2.49. The van der Waals surface area contributed by atoms with E-state index in [2.05, 4.69) is 11.1 Å². The van der Waals surface area contributed by atoms with Gasteiger partial charge in [-0.25, -0.2) is 0 Å². The molecule has 0 bridgehead atoms. The molecule has 2 N–H and O–H groups in total. The average Bonchev–Trinajstić information content (AvgIpc) is 2.30. The van der Waals surface area contributed by atoms with Crippen LogP contribution in [0.5, 0.6) is 5.75 Å². The Morgan fingerprint density at radius 1 is 1.12 bits per heavy atom. The summed E-state index contributed by atoms with van der Waals surface area (Å²) in [6.07, 6.45) is 3.63. The predicted octanol–water partition coefficient (Wildman–Crippen LogP) is 2.86. The van der Waals surface area contributed by atoms with Gasteiger partial charge >= 0.3 is 0 Å². The summed E-state index contributed by atoms with van der Waals surface area (Å²) in [5.41, 5.74) is 9.82. The zero-order valence-electron chi connectivity index (χ0n) is 10.1. The number of benzene rings is 1. The molecule has 0 radical (unpaired) electrons. The first-order valence-electron chi connectivity index (χ1n) is 5.54. The number of rotatable bonds is 3. The third-order valence-electron chi connectivity index (χ3n) is 2.49. The van der Waals surface area contributed by atoms with Gasteiger partial charge < -0.3 is 10.5 Å². The van der Waals surface area contributed by atoms with Crippen molar-refractivity contribution in [1.82, 2.24) is 4.98 Å². The molecular formula is C14H16N2O. The van der Waals surface area contributed by atoms with Crippen molar-refractivity contribution in [2.75, 3.05) is 5.73 Å². The van der Waals surface area contributed by atoms with Crippen molar-refractivity contribution in [1.29, 1.82) is 0 Å². The van der Waals surface area contributed by atoms with Gasteiger partial charge in [0.2, 0.25) is 0 Å². The Morgan fingerprint density at radius 3 is 2.71 bits per heavy atom. The van der Waals surface area contributed by atoms with Gasteiger partial charge in [-0.05, 0) is 43.2 Å². The second kappa shape index (κ2) is 4.87. The van der Waals surface area contributed by atoms with Gasteiger partial charge in [0.05, 0.1) is 5.69 Å². The Bertz CT molecular complexity index is 523. The Kier molecular flexibility index (Phi) is 3.28. The summed E-state index contributed by atoms with van der Waals surface area (Å²) in [6, 6.07) is 7.83. The van der Waals surface area contributed by atoms with Crippen LogP contribution < -0.4 is 10.5 Å². The molecule has 3 nitrogen and oxygen atoms in total. The number of anilines is 1. The van der Waals surface area contributed by atoms with Gasteiger partial charge in [0, 0.05) is 18.0 Å². The Morgan fingerprint density at radius 2 is 1.94 bits per heavy atom. The molecular weight excluding hydrogens is 212 g/mol. The average molecular weight is 228 g/mol. The summed E-state index contributed by atoms with van der Waals surface area (Å²) in [5.74, 6) is 0.728. The molecule has 0 aliphatic rings.